The van der Waals surface area contributed by atoms with Crippen molar-refractivity contribution in [2.24, 2.45) is 21.1 Å². The Kier molecular flexibility index (Phi) is 24.1. The highest BCUT2D eigenvalue weighted by Gasteiger charge is 2.27. The summed E-state index contributed by atoms with van der Waals surface area (Å²) >= 11 is 5.97. The van der Waals surface area contributed by atoms with Crippen LogP contribution in [0.2, 0.25) is 0 Å². The predicted octanol–water partition coefficient (Wildman–Crippen LogP) is 9.30. The second kappa shape index (κ2) is 31.7. The van der Waals surface area contributed by atoms with Gasteiger partial charge in [0, 0.05) is 32.3 Å². The molecule has 0 spiro atoms. The van der Waals surface area contributed by atoms with Crippen LogP contribution in [0.15, 0.2) is 109 Å². The summed E-state index contributed by atoms with van der Waals surface area (Å²) in [6, 6.07) is 27.8. The van der Waals surface area contributed by atoms with E-state index in [0.717, 1.165) is 30.4 Å². The third kappa shape index (κ3) is 20.1. The van der Waals surface area contributed by atoms with Gasteiger partial charge in [-0.2, -0.15) is 0 Å². The zero-order valence-electron chi connectivity index (χ0n) is 52.6. The second-order valence-electron chi connectivity index (χ2n) is 20.8. The number of anilines is 6. The number of alkyl halides is 3. The topological polar surface area (TPSA) is 384 Å². The van der Waals surface area contributed by atoms with Gasteiger partial charge in [0.1, 0.15) is 31.1 Å². The summed E-state index contributed by atoms with van der Waals surface area (Å²) in [6.45, 7) is 4.30. The molecule has 510 valence electrons. The number of carbonyl (C=O) groups is 3. The van der Waals surface area contributed by atoms with E-state index in [1.807, 2.05) is 30.3 Å². The molecule has 0 aliphatic rings. The highest BCUT2D eigenvalue weighted by molar-refractivity contribution is 7.92. The number of ether oxygens (including phenoxy) is 3. The fourth-order valence-corrected chi connectivity index (χ4v) is 10.7. The van der Waals surface area contributed by atoms with Crippen LogP contribution in [0.1, 0.15) is 57.6 Å². The van der Waals surface area contributed by atoms with Gasteiger partial charge in [-0.15, -0.1) is 26.9 Å². The van der Waals surface area contributed by atoms with Gasteiger partial charge < -0.3 is 14.2 Å². The van der Waals surface area contributed by atoms with Crippen LogP contribution in [0.4, 0.5) is 66.5 Å². The van der Waals surface area contributed by atoms with Crippen molar-refractivity contribution in [3.8, 4) is 34.2 Å². The summed E-state index contributed by atoms with van der Waals surface area (Å²) in [7, 11) is -5.81. The summed E-state index contributed by atoms with van der Waals surface area (Å²) in [4.78, 5) is 50.4. The molecule has 38 heteroatoms. The molecule has 0 saturated carbocycles. The molecule has 0 unspecified atom stereocenters. The molecular weight excluding hydrogens is 1350 g/mol. The highest BCUT2D eigenvalue weighted by atomic mass is 35.5. The Hall–Kier alpha value is -10.4. The van der Waals surface area contributed by atoms with Gasteiger partial charge in [-0.25, -0.2) is 86.2 Å². The van der Waals surface area contributed by atoms with Crippen LogP contribution < -0.4 is 30.1 Å². The van der Waals surface area contributed by atoms with Gasteiger partial charge >= 0.3 is 18.3 Å². The molecule has 6 aromatic heterocycles. The molecule has 9 rings (SSSR count). The largest absolute Gasteiger partial charge is 0.440 e. The molecule has 0 aliphatic heterocycles. The smallest absolute Gasteiger partial charge is 0.413 e. The highest BCUT2D eigenvalue weighted by Crippen LogP contribution is 2.32. The lowest BCUT2D eigenvalue weighted by molar-refractivity contribution is 0.0901. The molecule has 30 nitrogen and oxygen atoms in total. The van der Waals surface area contributed by atoms with Crippen molar-refractivity contribution in [3.05, 3.63) is 160 Å². The van der Waals surface area contributed by atoms with E-state index in [1.54, 1.807) is 46.9 Å². The number of nitrogens with zero attached hydrogens (tertiary/aromatic N) is 12. The number of aryl methyl sites for hydroxylation is 7. The maximum absolute atomic E-state index is 14.1. The maximum atomic E-state index is 14.1. The lowest BCUT2D eigenvalue weighted by Gasteiger charge is -2.17. The minimum atomic E-state index is -3.49. The number of hydrogen-bond donors (Lipinski definition) is 6. The van der Waals surface area contributed by atoms with Crippen LogP contribution in [0.5, 0.6) is 0 Å². The first-order valence-corrected chi connectivity index (χ1v) is 34.2. The van der Waals surface area contributed by atoms with E-state index in [2.05, 4.69) is 76.0 Å². The average molecular weight is 1410 g/mol. The Morgan fingerprint density at radius 3 is 1.17 bits per heavy atom. The number of carbonyl (C=O) groups excluding carboxylic acids is 3. The Labute approximate surface area is 552 Å². The Balaban J connectivity index is 0.000000203. The number of pyridine rings is 3. The fraction of sp³-hybridized carbons (Fsp3) is 0.276. The van der Waals surface area contributed by atoms with Crippen molar-refractivity contribution < 1.29 is 71.4 Å². The number of aromatic nitrogens is 12. The van der Waals surface area contributed by atoms with E-state index < -0.39 is 91.6 Å². The summed E-state index contributed by atoms with van der Waals surface area (Å²) < 4.78 is 150. The third-order valence-corrected chi connectivity index (χ3v) is 15.2. The van der Waals surface area contributed by atoms with Crippen LogP contribution in [-0.4, -0.2) is 141 Å². The SMILES string of the molecule is Cc1ccc(F)c([C@@H](CF)OC(=O)Nc2c(-c3ccc(NS(C)(=O)=O)c(C)n3)nnn2C)c1.Cc1nc(-c2nnn(C)c2NC(=O)O[C@H](CCl)c2ccccc2)ccc1NS(C)(=O)=O.Cc1nc(-c2nnn(C)c2NC(=O)O[C@H](CF)c2ccccc2F)ccc1NS(C)(=O)=O. The summed E-state index contributed by atoms with van der Waals surface area (Å²) in [6.07, 6.45) is -3.25. The quantitative estimate of drug-likeness (QED) is 0.0221. The number of benzene rings is 3. The first-order chi connectivity index (χ1) is 45.2. The molecule has 9 aromatic rings. The van der Waals surface area contributed by atoms with Gasteiger partial charge in [0.05, 0.1) is 75.9 Å². The zero-order chi connectivity index (χ0) is 70.4. The lowest BCUT2D eigenvalue weighted by atomic mass is 10.1. The number of hydrogen-bond acceptors (Lipinski definition) is 21. The van der Waals surface area contributed by atoms with Crippen LogP contribution in [0.25, 0.3) is 34.2 Å². The molecule has 3 atom stereocenters. The number of nitrogens with one attached hydrogen (secondary N) is 6. The van der Waals surface area contributed by atoms with Crippen LogP contribution in [0.3, 0.4) is 0 Å². The van der Waals surface area contributed by atoms with E-state index in [4.69, 9.17) is 25.8 Å². The number of amides is 3. The normalized spacial score (nSPS) is 12.3. The van der Waals surface area contributed by atoms with Gasteiger partial charge in [-0.1, -0.05) is 75.8 Å². The molecule has 0 aliphatic carbocycles. The molecule has 0 radical (unpaired) electrons. The fourth-order valence-electron chi connectivity index (χ4n) is 8.64. The van der Waals surface area contributed by atoms with E-state index in [0.29, 0.717) is 51.1 Å². The molecule has 0 fully saturated rings. The van der Waals surface area contributed by atoms with Gasteiger partial charge in [0.2, 0.25) is 30.1 Å². The Morgan fingerprint density at radius 2 is 0.823 bits per heavy atom. The zero-order valence-corrected chi connectivity index (χ0v) is 55.8. The van der Waals surface area contributed by atoms with Crippen molar-refractivity contribution in [1.82, 2.24) is 59.9 Å². The number of sulfonamides is 3. The van der Waals surface area contributed by atoms with E-state index in [9.17, 15) is 57.2 Å². The van der Waals surface area contributed by atoms with E-state index in [-0.39, 0.29) is 57.2 Å². The molecule has 3 amide bonds. The van der Waals surface area contributed by atoms with Crippen LogP contribution in [0, 0.1) is 39.3 Å². The van der Waals surface area contributed by atoms with Crippen LogP contribution >= 0.6 is 11.6 Å². The molecule has 6 heterocycles. The second-order valence-corrected chi connectivity index (χ2v) is 26.4. The monoisotopic (exact) mass is 1410 g/mol. The van der Waals surface area contributed by atoms with Crippen LogP contribution in [-0.2, 0) is 65.4 Å². The summed E-state index contributed by atoms with van der Waals surface area (Å²) in [5, 5.41) is 31.1. The average Bonchev–Trinajstić information content (AvgIpc) is 1.61. The molecule has 96 heavy (non-hydrogen) atoms. The summed E-state index contributed by atoms with van der Waals surface area (Å²) in [5.74, 6) is -0.851. The van der Waals surface area contributed by atoms with Gasteiger partial charge in [0.15, 0.2) is 46.7 Å². The third-order valence-electron chi connectivity index (χ3n) is 13.1. The molecule has 3 aromatic carbocycles. The predicted molar refractivity (Wildman–Crippen MR) is 347 cm³/mol. The lowest BCUT2D eigenvalue weighted by Crippen LogP contribution is -2.21. The van der Waals surface area contributed by atoms with Crippen molar-refractivity contribution in [2.75, 3.05) is 68.1 Å². The number of rotatable bonds is 21. The van der Waals surface area contributed by atoms with Crippen molar-refractivity contribution in [1.29, 1.82) is 0 Å². The summed E-state index contributed by atoms with van der Waals surface area (Å²) in [5.41, 5.74) is 4.97. The Bertz CT molecular complexity index is 4650. The standard InChI is InChI=1S/C20H22F2N6O4S.C19H21ClN6O4S.C19H20F2N6O4S/c1-11-5-6-14(22)13(9-11)17(10-21)32-20(29)24-19-18(25-27-28(19)3)16-8-7-15(12(2)23-16)26-33(4,30)31;1-12-14(24-31(3,28)29)9-10-15(21-12)17-18(26(2)25-23-17)22-19(27)30-16(11-20)13-7-5-4-6-8-13;1-11-14(25-32(3,29)30)8-9-15(22-11)17-18(27(2)26-24-17)23-19(28)31-16(10-20)12-6-4-5-7-13(12)21/h5-9,17,26H,10H2,1-4H3,(H,24,29);4-10,16,24H,11H2,1-3H3,(H,22,27);4-9,16,25H,10H2,1-3H3,(H,23,28)/t17-;2*16-/m111/s1. The molecule has 0 saturated heterocycles. The van der Waals surface area contributed by atoms with Crippen molar-refractivity contribution in [3.63, 3.8) is 0 Å². The molecule has 6 N–H and O–H groups in total. The van der Waals surface area contributed by atoms with E-state index >= 15 is 0 Å². The minimum absolute atomic E-state index is 0.0812. The molecule has 0 bridgehead atoms. The Morgan fingerprint density at radius 1 is 0.479 bits per heavy atom. The van der Waals surface area contributed by atoms with E-state index in [1.165, 1.54) is 88.8 Å². The van der Waals surface area contributed by atoms with Gasteiger partial charge in [0.25, 0.3) is 0 Å². The van der Waals surface area contributed by atoms with Crippen molar-refractivity contribution >= 4 is 94.5 Å². The first-order valence-electron chi connectivity index (χ1n) is 28.0. The molecular formula is C58H63ClF4N18O12S3. The first kappa shape index (κ1) is 73.0. The number of halogens is 5. The van der Waals surface area contributed by atoms with Gasteiger partial charge in [-0.3, -0.25) is 30.1 Å². The minimum Gasteiger partial charge on any atom is -0.440 e. The van der Waals surface area contributed by atoms with Gasteiger partial charge in [-0.05, 0) is 87.9 Å². The maximum Gasteiger partial charge on any atom is 0.413 e. The van der Waals surface area contributed by atoms with Crippen molar-refractivity contribution in [2.45, 2.75) is 46.0 Å².